The largest absolute Gasteiger partial charge is 0.375 e. The summed E-state index contributed by atoms with van der Waals surface area (Å²) in [7, 11) is 0. The third kappa shape index (κ3) is 4.46. The van der Waals surface area contributed by atoms with E-state index >= 15 is 0 Å². The SMILES string of the molecule is N[C@@H]1CCCN(CCOCc2ccccc2)C1. The normalized spacial score (nSPS) is 21.6. The number of ether oxygens (including phenoxy) is 1. The first kappa shape index (κ1) is 12.6. The molecule has 0 unspecified atom stereocenters. The van der Waals surface area contributed by atoms with Gasteiger partial charge in [-0.1, -0.05) is 30.3 Å². The van der Waals surface area contributed by atoms with E-state index in [-0.39, 0.29) is 0 Å². The second-order valence-corrected chi connectivity index (χ2v) is 4.74. The van der Waals surface area contributed by atoms with Crippen molar-refractivity contribution in [3.8, 4) is 0 Å². The Morgan fingerprint density at radius 2 is 2.12 bits per heavy atom. The molecule has 1 aliphatic heterocycles. The maximum absolute atomic E-state index is 5.94. The number of hydrogen-bond donors (Lipinski definition) is 1. The Labute approximate surface area is 104 Å². The highest BCUT2D eigenvalue weighted by molar-refractivity contribution is 5.13. The molecule has 17 heavy (non-hydrogen) atoms. The minimum Gasteiger partial charge on any atom is -0.375 e. The van der Waals surface area contributed by atoms with Crippen molar-refractivity contribution >= 4 is 0 Å². The van der Waals surface area contributed by atoms with Crippen LogP contribution in [0.3, 0.4) is 0 Å². The summed E-state index contributed by atoms with van der Waals surface area (Å²) < 4.78 is 5.68. The molecule has 1 atom stereocenters. The average Bonchev–Trinajstić information content (AvgIpc) is 2.36. The molecule has 2 N–H and O–H groups in total. The Balaban J connectivity index is 1.60. The second kappa shape index (κ2) is 6.74. The lowest BCUT2D eigenvalue weighted by molar-refractivity contribution is 0.0833. The topological polar surface area (TPSA) is 38.5 Å². The fourth-order valence-electron chi connectivity index (χ4n) is 2.25. The predicted molar refractivity (Wildman–Crippen MR) is 69.7 cm³/mol. The van der Waals surface area contributed by atoms with Crippen LogP contribution in [-0.2, 0) is 11.3 Å². The van der Waals surface area contributed by atoms with Gasteiger partial charge in [0, 0.05) is 19.1 Å². The molecular formula is C14H22N2O. The number of likely N-dealkylation sites (tertiary alicyclic amines) is 1. The summed E-state index contributed by atoms with van der Waals surface area (Å²) in [5.41, 5.74) is 7.18. The van der Waals surface area contributed by atoms with E-state index < -0.39 is 0 Å². The number of nitrogens with zero attached hydrogens (tertiary/aromatic N) is 1. The summed E-state index contributed by atoms with van der Waals surface area (Å²) in [5, 5.41) is 0. The lowest BCUT2D eigenvalue weighted by Gasteiger charge is -2.30. The van der Waals surface area contributed by atoms with Crippen molar-refractivity contribution in [1.29, 1.82) is 0 Å². The highest BCUT2D eigenvalue weighted by Crippen LogP contribution is 2.07. The van der Waals surface area contributed by atoms with E-state index in [0.29, 0.717) is 12.6 Å². The molecule has 0 saturated carbocycles. The van der Waals surface area contributed by atoms with E-state index in [0.717, 1.165) is 19.7 Å². The Bertz CT molecular complexity index is 315. The second-order valence-electron chi connectivity index (χ2n) is 4.74. The number of piperidine rings is 1. The zero-order valence-corrected chi connectivity index (χ0v) is 10.3. The Kier molecular flexibility index (Phi) is 4.98. The van der Waals surface area contributed by atoms with Crippen molar-refractivity contribution in [2.24, 2.45) is 5.73 Å². The molecule has 1 aliphatic rings. The van der Waals surface area contributed by atoms with Gasteiger partial charge in [-0.2, -0.15) is 0 Å². The maximum atomic E-state index is 5.94. The summed E-state index contributed by atoms with van der Waals surface area (Å²) in [4.78, 5) is 2.40. The zero-order valence-electron chi connectivity index (χ0n) is 10.3. The van der Waals surface area contributed by atoms with Crippen LogP contribution in [0.15, 0.2) is 30.3 Å². The van der Waals surface area contributed by atoms with Gasteiger partial charge in [0.2, 0.25) is 0 Å². The smallest absolute Gasteiger partial charge is 0.0717 e. The molecule has 3 heteroatoms. The fraction of sp³-hybridized carbons (Fsp3) is 0.571. The van der Waals surface area contributed by atoms with Crippen molar-refractivity contribution in [2.45, 2.75) is 25.5 Å². The van der Waals surface area contributed by atoms with Gasteiger partial charge in [0.1, 0.15) is 0 Å². The number of nitrogens with two attached hydrogens (primary N) is 1. The Morgan fingerprint density at radius 1 is 1.29 bits per heavy atom. The van der Waals surface area contributed by atoms with Crippen LogP contribution in [0.1, 0.15) is 18.4 Å². The van der Waals surface area contributed by atoms with Gasteiger partial charge in [0.15, 0.2) is 0 Å². The van der Waals surface area contributed by atoms with E-state index in [2.05, 4.69) is 17.0 Å². The molecule has 1 fully saturated rings. The van der Waals surface area contributed by atoms with Crippen LogP contribution >= 0.6 is 0 Å². The van der Waals surface area contributed by atoms with Crippen molar-refractivity contribution < 1.29 is 4.74 Å². The summed E-state index contributed by atoms with van der Waals surface area (Å²) in [6, 6.07) is 10.7. The molecule has 0 aliphatic carbocycles. The van der Waals surface area contributed by atoms with Crippen molar-refractivity contribution in [3.63, 3.8) is 0 Å². The monoisotopic (exact) mass is 234 g/mol. The molecule has 0 amide bonds. The minimum absolute atomic E-state index is 0.359. The van der Waals surface area contributed by atoms with Crippen LogP contribution in [0, 0.1) is 0 Å². The quantitative estimate of drug-likeness (QED) is 0.787. The van der Waals surface area contributed by atoms with E-state index in [4.69, 9.17) is 10.5 Å². The fourth-order valence-corrected chi connectivity index (χ4v) is 2.25. The molecule has 2 rings (SSSR count). The molecule has 0 spiro atoms. The molecule has 0 aromatic heterocycles. The van der Waals surface area contributed by atoms with Crippen LogP contribution in [0.5, 0.6) is 0 Å². The third-order valence-electron chi connectivity index (χ3n) is 3.21. The van der Waals surface area contributed by atoms with E-state index in [9.17, 15) is 0 Å². The first-order chi connectivity index (χ1) is 8.34. The number of rotatable bonds is 5. The van der Waals surface area contributed by atoms with E-state index in [1.54, 1.807) is 0 Å². The molecule has 3 nitrogen and oxygen atoms in total. The van der Waals surface area contributed by atoms with Crippen LogP contribution in [-0.4, -0.2) is 37.2 Å². The van der Waals surface area contributed by atoms with Crippen LogP contribution in [0.25, 0.3) is 0 Å². The van der Waals surface area contributed by atoms with Gasteiger partial charge in [-0.3, -0.25) is 4.90 Å². The summed E-state index contributed by atoms with van der Waals surface area (Å²) in [6.07, 6.45) is 2.39. The zero-order chi connectivity index (χ0) is 11.9. The van der Waals surface area contributed by atoms with Gasteiger partial charge in [-0.15, -0.1) is 0 Å². The number of benzene rings is 1. The van der Waals surface area contributed by atoms with Gasteiger partial charge in [-0.05, 0) is 24.9 Å². The molecule has 0 radical (unpaired) electrons. The highest BCUT2D eigenvalue weighted by atomic mass is 16.5. The van der Waals surface area contributed by atoms with Crippen LogP contribution in [0.2, 0.25) is 0 Å². The first-order valence-corrected chi connectivity index (χ1v) is 6.44. The average molecular weight is 234 g/mol. The standard InChI is InChI=1S/C14H22N2O/c15-14-7-4-8-16(11-14)9-10-17-12-13-5-2-1-3-6-13/h1-3,5-6,14H,4,7-12,15H2/t14-/m1/s1. The van der Waals surface area contributed by atoms with Gasteiger partial charge in [0.05, 0.1) is 13.2 Å². The molecular weight excluding hydrogens is 212 g/mol. The molecule has 1 aromatic rings. The maximum Gasteiger partial charge on any atom is 0.0717 e. The van der Waals surface area contributed by atoms with E-state index in [1.165, 1.54) is 24.9 Å². The van der Waals surface area contributed by atoms with E-state index in [1.807, 2.05) is 18.2 Å². The molecule has 94 valence electrons. The van der Waals surface area contributed by atoms with Gasteiger partial charge in [-0.25, -0.2) is 0 Å². The third-order valence-corrected chi connectivity index (χ3v) is 3.21. The van der Waals surface area contributed by atoms with Crippen molar-refractivity contribution in [2.75, 3.05) is 26.2 Å². The summed E-state index contributed by atoms with van der Waals surface area (Å²) in [5.74, 6) is 0. The van der Waals surface area contributed by atoms with Crippen LogP contribution < -0.4 is 5.73 Å². The predicted octanol–water partition coefficient (Wildman–Crippen LogP) is 1.63. The summed E-state index contributed by atoms with van der Waals surface area (Å²) in [6.45, 7) is 4.69. The minimum atomic E-state index is 0.359. The van der Waals surface area contributed by atoms with Crippen LogP contribution in [0.4, 0.5) is 0 Å². The summed E-state index contributed by atoms with van der Waals surface area (Å²) >= 11 is 0. The lowest BCUT2D eigenvalue weighted by Crippen LogP contribution is -2.43. The molecule has 1 heterocycles. The van der Waals surface area contributed by atoms with Gasteiger partial charge in [0.25, 0.3) is 0 Å². The first-order valence-electron chi connectivity index (χ1n) is 6.44. The van der Waals surface area contributed by atoms with Crippen molar-refractivity contribution in [3.05, 3.63) is 35.9 Å². The highest BCUT2D eigenvalue weighted by Gasteiger charge is 2.15. The Hall–Kier alpha value is -0.900. The van der Waals surface area contributed by atoms with Gasteiger partial charge >= 0.3 is 0 Å². The number of hydrogen-bond acceptors (Lipinski definition) is 3. The lowest BCUT2D eigenvalue weighted by atomic mass is 10.1. The Morgan fingerprint density at radius 3 is 2.88 bits per heavy atom. The van der Waals surface area contributed by atoms with Gasteiger partial charge < -0.3 is 10.5 Å². The molecule has 1 saturated heterocycles. The molecule has 1 aromatic carbocycles. The molecule has 0 bridgehead atoms. The van der Waals surface area contributed by atoms with Crippen molar-refractivity contribution in [1.82, 2.24) is 4.90 Å².